The van der Waals surface area contributed by atoms with E-state index in [1.54, 1.807) is 28.8 Å². The summed E-state index contributed by atoms with van der Waals surface area (Å²) in [6.45, 7) is 4.25. The molecule has 8 nitrogen and oxygen atoms in total. The highest BCUT2D eigenvalue weighted by Gasteiger charge is 2.24. The van der Waals surface area contributed by atoms with Crippen LogP contribution in [0.25, 0.3) is 0 Å². The average molecular weight is 502 g/mol. The monoisotopic (exact) mass is 501 g/mol. The maximum absolute atomic E-state index is 12.8. The number of nitriles is 1. The van der Waals surface area contributed by atoms with E-state index in [1.165, 1.54) is 28.0 Å². The highest BCUT2D eigenvalue weighted by Crippen LogP contribution is 2.38. The van der Waals surface area contributed by atoms with Crippen LogP contribution in [0.3, 0.4) is 0 Å². The molecule has 0 atom stereocenters. The Kier molecular flexibility index (Phi) is 6.88. The van der Waals surface area contributed by atoms with Crippen LogP contribution in [-0.4, -0.2) is 34.8 Å². The molecule has 1 aliphatic carbocycles. The number of thioether (sulfide) groups is 1. The number of carbonyl (C=O) groups is 1. The molecule has 11 heteroatoms. The van der Waals surface area contributed by atoms with Crippen LogP contribution >= 0.6 is 23.1 Å². The van der Waals surface area contributed by atoms with Gasteiger partial charge < -0.3 is 9.88 Å². The summed E-state index contributed by atoms with van der Waals surface area (Å²) < 4.78 is 27.3. The van der Waals surface area contributed by atoms with Gasteiger partial charge in [-0.25, -0.2) is 8.42 Å². The Morgan fingerprint density at radius 2 is 2.03 bits per heavy atom. The second kappa shape index (κ2) is 9.67. The van der Waals surface area contributed by atoms with Crippen LogP contribution in [0.15, 0.2) is 34.3 Å². The van der Waals surface area contributed by atoms with Crippen LogP contribution in [0.4, 0.5) is 5.00 Å². The number of hydrogen-bond donors (Lipinski definition) is 1. The van der Waals surface area contributed by atoms with Gasteiger partial charge in [-0.2, -0.15) is 5.26 Å². The lowest BCUT2D eigenvalue weighted by molar-refractivity contribution is -0.113. The molecular weight excluding hydrogens is 478 g/mol. The van der Waals surface area contributed by atoms with Gasteiger partial charge in [-0.05, 0) is 50.8 Å². The molecule has 2 heterocycles. The van der Waals surface area contributed by atoms with Crippen LogP contribution < -0.4 is 5.32 Å². The standard InChI is InChI=1S/C22H23N5O3S3/c1-3-27-19(13-33(29,30)15-9-7-14(2)8-10-15)25-26-22(27)31-12-20(28)24-21-17(11-23)16-5-4-6-18(16)32-21/h7-10H,3-6,12-13H2,1-2H3,(H,24,28). The predicted molar refractivity (Wildman–Crippen MR) is 128 cm³/mol. The van der Waals surface area contributed by atoms with Crippen molar-refractivity contribution in [2.24, 2.45) is 0 Å². The number of rotatable bonds is 8. The Morgan fingerprint density at radius 3 is 2.73 bits per heavy atom. The number of hydrogen-bond acceptors (Lipinski definition) is 8. The van der Waals surface area contributed by atoms with E-state index in [1.807, 2.05) is 13.8 Å². The predicted octanol–water partition coefficient (Wildman–Crippen LogP) is 3.73. The first-order valence-electron chi connectivity index (χ1n) is 10.5. The second-order valence-electron chi connectivity index (χ2n) is 7.73. The highest BCUT2D eigenvalue weighted by atomic mass is 32.2. The number of nitrogens with one attached hydrogen (secondary N) is 1. The SMILES string of the molecule is CCn1c(CS(=O)(=O)c2ccc(C)cc2)nnc1SCC(=O)Nc1sc2c(c1C#N)CCC2. The van der Waals surface area contributed by atoms with Gasteiger partial charge in [-0.15, -0.1) is 21.5 Å². The summed E-state index contributed by atoms with van der Waals surface area (Å²) in [7, 11) is -3.57. The van der Waals surface area contributed by atoms with E-state index < -0.39 is 9.84 Å². The summed E-state index contributed by atoms with van der Waals surface area (Å²) >= 11 is 2.67. The smallest absolute Gasteiger partial charge is 0.235 e. The Labute approximate surface area is 201 Å². The first-order chi connectivity index (χ1) is 15.8. The summed E-state index contributed by atoms with van der Waals surface area (Å²) in [6.07, 6.45) is 2.88. The van der Waals surface area contributed by atoms with E-state index in [4.69, 9.17) is 0 Å². The number of nitrogens with zero attached hydrogens (tertiary/aromatic N) is 4. The minimum absolute atomic E-state index is 0.0796. The number of anilines is 1. The molecule has 1 aliphatic rings. The molecule has 0 saturated heterocycles. The van der Waals surface area contributed by atoms with Gasteiger partial charge in [0.2, 0.25) is 5.91 Å². The number of sulfone groups is 1. The van der Waals surface area contributed by atoms with Crippen molar-refractivity contribution in [2.75, 3.05) is 11.1 Å². The third-order valence-electron chi connectivity index (χ3n) is 5.43. The van der Waals surface area contributed by atoms with Crippen LogP contribution in [0.2, 0.25) is 0 Å². The lowest BCUT2D eigenvalue weighted by Crippen LogP contribution is -2.15. The topological polar surface area (TPSA) is 118 Å². The van der Waals surface area contributed by atoms with E-state index in [2.05, 4.69) is 21.6 Å². The fourth-order valence-corrected chi connectivity index (χ4v) is 7.10. The minimum atomic E-state index is -3.57. The van der Waals surface area contributed by atoms with Crippen molar-refractivity contribution < 1.29 is 13.2 Å². The Morgan fingerprint density at radius 1 is 1.27 bits per heavy atom. The van der Waals surface area contributed by atoms with E-state index in [0.717, 1.165) is 30.4 Å². The fraction of sp³-hybridized carbons (Fsp3) is 0.364. The summed E-state index contributed by atoms with van der Waals surface area (Å²) in [5, 5.41) is 21.6. The van der Waals surface area contributed by atoms with Crippen molar-refractivity contribution in [3.8, 4) is 6.07 Å². The third-order valence-corrected chi connectivity index (χ3v) is 9.23. The van der Waals surface area contributed by atoms with Gasteiger partial charge in [0.05, 0.1) is 16.2 Å². The summed E-state index contributed by atoms with van der Waals surface area (Å²) in [5.41, 5.74) is 2.62. The zero-order chi connectivity index (χ0) is 23.6. The van der Waals surface area contributed by atoms with Crippen LogP contribution in [0, 0.1) is 18.3 Å². The molecule has 0 spiro atoms. The number of thiophene rings is 1. The van der Waals surface area contributed by atoms with Crippen molar-refractivity contribution >= 4 is 43.8 Å². The zero-order valence-corrected chi connectivity index (χ0v) is 20.7. The minimum Gasteiger partial charge on any atom is -0.316 e. The molecule has 1 amide bonds. The molecule has 0 aliphatic heterocycles. The van der Waals surface area contributed by atoms with Crippen LogP contribution in [0.1, 0.15) is 40.7 Å². The molecule has 0 saturated carbocycles. The molecular formula is C22H23N5O3S3. The van der Waals surface area contributed by atoms with Crippen molar-refractivity contribution in [1.29, 1.82) is 5.26 Å². The van der Waals surface area contributed by atoms with Gasteiger partial charge >= 0.3 is 0 Å². The second-order valence-corrected chi connectivity index (χ2v) is 11.8. The van der Waals surface area contributed by atoms with Crippen LogP contribution in [0.5, 0.6) is 0 Å². The molecule has 0 bridgehead atoms. The quantitative estimate of drug-likeness (QED) is 0.467. The van der Waals surface area contributed by atoms with Crippen LogP contribution in [-0.2, 0) is 39.8 Å². The van der Waals surface area contributed by atoms with Gasteiger partial charge in [0, 0.05) is 11.4 Å². The lowest BCUT2D eigenvalue weighted by atomic mass is 10.1. The van der Waals surface area contributed by atoms with E-state index in [9.17, 15) is 18.5 Å². The Hall–Kier alpha value is -2.68. The molecule has 1 N–H and O–H groups in total. The molecule has 0 radical (unpaired) electrons. The molecule has 0 unspecified atom stereocenters. The van der Waals surface area contributed by atoms with E-state index in [0.29, 0.717) is 28.1 Å². The summed E-state index contributed by atoms with van der Waals surface area (Å²) in [6, 6.07) is 8.92. The lowest BCUT2D eigenvalue weighted by Gasteiger charge is -2.08. The molecule has 2 aromatic heterocycles. The molecule has 33 heavy (non-hydrogen) atoms. The Bertz CT molecular complexity index is 1330. The average Bonchev–Trinajstić information content (AvgIpc) is 3.46. The maximum atomic E-state index is 12.8. The number of carbonyl (C=O) groups excluding carboxylic acids is 1. The number of aryl methyl sites for hydroxylation is 2. The number of aromatic nitrogens is 3. The number of benzene rings is 1. The number of fused-ring (bicyclic) bond motifs is 1. The van der Waals surface area contributed by atoms with Crippen molar-refractivity contribution in [1.82, 2.24) is 14.8 Å². The van der Waals surface area contributed by atoms with Gasteiger partial charge in [-0.1, -0.05) is 29.5 Å². The fourth-order valence-electron chi connectivity index (χ4n) is 3.75. The molecule has 1 aromatic carbocycles. The van der Waals surface area contributed by atoms with E-state index in [-0.39, 0.29) is 22.3 Å². The van der Waals surface area contributed by atoms with Gasteiger partial charge in [-0.3, -0.25) is 4.79 Å². The normalized spacial score (nSPS) is 13.0. The highest BCUT2D eigenvalue weighted by molar-refractivity contribution is 7.99. The van der Waals surface area contributed by atoms with Gasteiger partial charge in [0.1, 0.15) is 22.6 Å². The Balaban J connectivity index is 1.43. The first kappa shape index (κ1) is 23.5. The van der Waals surface area contributed by atoms with Crippen molar-refractivity contribution in [3.63, 3.8) is 0 Å². The summed E-state index contributed by atoms with van der Waals surface area (Å²) in [5.74, 6) is -0.0926. The van der Waals surface area contributed by atoms with Gasteiger partial charge in [0.15, 0.2) is 15.0 Å². The van der Waals surface area contributed by atoms with Crippen molar-refractivity contribution in [2.45, 2.75) is 55.5 Å². The molecule has 3 aromatic rings. The number of amides is 1. The largest absolute Gasteiger partial charge is 0.316 e. The zero-order valence-electron chi connectivity index (χ0n) is 18.3. The molecule has 172 valence electrons. The van der Waals surface area contributed by atoms with Crippen molar-refractivity contribution in [3.05, 3.63) is 51.7 Å². The molecule has 4 rings (SSSR count). The molecule has 0 fully saturated rings. The maximum Gasteiger partial charge on any atom is 0.235 e. The first-order valence-corrected chi connectivity index (χ1v) is 14.0. The van der Waals surface area contributed by atoms with E-state index >= 15 is 0 Å². The summed E-state index contributed by atoms with van der Waals surface area (Å²) in [4.78, 5) is 14.0. The third kappa shape index (κ3) is 4.98. The van der Waals surface area contributed by atoms with Gasteiger partial charge in [0.25, 0.3) is 0 Å².